The predicted octanol–water partition coefficient (Wildman–Crippen LogP) is 2.22. The van der Waals surface area contributed by atoms with Crippen molar-refractivity contribution in [2.24, 2.45) is 0 Å². The van der Waals surface area contributed by atoms with Crippen molar-refractivity contribution >= 4 is 0 Å². The smallest absolute Gasteiger partial charge is 0.0948 e. The predicted molar refractivity (Wildman–Crippen MR) is 82.0 cm³/mol. The Bertz CT molecular complexity index is 402. The van der Waals surface area contributed by atoms with Gasteiger partial charge in [-0.15, -0.1) is 0 Å². The van der Waals surface area contributed by atoms with E-state index < -0.39 is 0 Å². The Kier molecular flexibility index (Phi) is 4.73. The molecular weight excluding hydrogens is 248 g/mol. The lowest BCUT2D eigenvalue weighted by Crippen LogP contribution is -2.33. The fraction of sp³-hybridized carbons (Fsp3) is 0.812. The Morgan fingerprint density at radius 1 is 1.30 bits per heavy atom. The molecule has 1 aromatic rings. The van der Waals surface area contributed by atoms with E-state index in [0.29, 0.717) is 5.92 Å². The lowest BCUT2D eigenvalue weighted by atomic mass is 9.96. The number of rotatable bonds is 5. The Morgan fingerprint density at radius 2 is 2.15 bits per heavy atom. The summed E-state index contributed by atoms with van der Waals surface area (Å²) in [6.45, 7) is 4.52. The summed E-state index contributed by atoms with van der Waals surface area (Å²) in [5, 5.41) is 3.51. The van der Waals surface area contributed by atoms with E-state index in [0.717, 1.165) is 25.7 Å². The van der Waals surface area contributed by atoms with Crippen LogP contribution in [0.3, 0.4) is 0 Å². The molecule has 112 valence electrons. The summed E-state index contributed by atoms with van der Waals surface area (Å²) in [5.41, 5.74) is 1.43. The van der Waals surface area contributed by atoms with Gasteiger partial charge in [-0.1, -0.05) is 12.8 Å². The van der Waals surface area contributed by atoms with Crippen molar-refractivity contribution in [3.63, 3.8) is 0 Å². The van der Waals surface area contributed by atoms with Crippen molar-refractivity contribution < 1.29 is 0 Å². The van der Waals surface area contributed by atoms with Crippen LogP contribution in [0.4, 0.5) is 0 Å². The molecule has 1 aromatic heterocycles. The van der Waals surface area contributed by atoms with E-state index in [1.165, 1.54) is 50.8 Å². The molecule has 1 aliphatic carbocycles. The van der Waals surface area contributed by atoms with Crippen LogP contribution in [0.5, 0.6) is 0 Å². The highest BCUT2D eigenvalue weighted by Gasteiger charge is 2.21. The van der Waals surface area contributed by atoms with Gasteiger partial charge in [0.25, 0.3) is 0 Å². The minimum absolute atomic E-state index is 0.656. The molecule has 0 aromatic carbocycles. The maximum atomic E-state index is 4.39. The standard InChI is InChI=1S/C16H28N4/c1-19(15-6-2-3-7-15)9-10-20-13-18-12-16(20)14-5-4-8-17-11-14/h12-15,17H,2-11H2,1H3. The summed E-state index contributed by atoms with van der Waals surface area (Å²) < 4.78 is 2.38. The van der Waals surface area contributed by atoms with Crippen LogP contribution in [-0.4, -0.2) is 47.2 Å². The van der Waals surface area contributed by atoms with Gasteiger partial charge in [0, 0.05) is 43.5 Å². The number of nitrogens with zero attached hydrogens (tertiary/aromatic N) is 3. The minimum atomic E-state index is 0.656. The van der Waals surface area contributed by atoms with Gasteiger partial charge < -0.3 is 14.8 Å². The first-order valence-corrected chi connectivity index (χ1v) is 8.25. The highest BCUT2D eigenvalue weighted by molar-refractivity contribution is 5.08. The summed E-state index contributed by atoms with van der Waals surface area (Å²) in [6, 6.07) is 0.818. The second kappa shape index (κ2) is 6.72. The molecule has 1 N–H and O–H groups in total. The Balaban J connectivity index is 1.55. The number of aromatic nitrogens is 2. The third-order valence-corrected chi connectivity index (χ3v) is 5.10. The Morgan fingerprint density at radius 3 is 2.90 bits per heavy atom. The molecule has 1 unspecified atom stereocenters. The van der Waals surface area contributed by atoms with Crippen molar-refractivity contribution in [1.29, 1.82) is 0 Å². The fourth-order valence-corrected chi connectivity index (χ4v) is 3.76. The third kappa shape index (κ3) is 3.23. The molecule has 1 aliphatic heterocycles. The maximum absolute atomic E-state index is 4.39. The quantitative estimate of drug-likeness (QED) is 0.895. The molecule has 4 heteroatoms. The van der Waals surface area contributed by atoms with Crippen molar-refractivity contribution in [3.8, 4) is 0 Å². The first-order chi connectivity index (χ1) is 9.84. The van der Waals surface area contributed by atoms with Crippen LogP contribution in [0.1, 0.15) is 50.1 Å². The minimum Gasteiger partial charge on any atom is -0.333 e. The first kappa shape index (κ1) is 14.1. The molecule has 0 amide bonds. The van der Waals surface area contributed by atoms with Crippen molar-refractivity contribution in [3.05, 3.63) is 18.2 Å². The summed E-state index contributed by atoms with van der Waals surface area (Å²) in [6.07, 6.45) is 12.3. The molecule has 2 aliphatic rings. The lowest BCUT2D eigenvalue weighted by Gasteiger charge is -2.26. The fourth-order valence-electron chi connectivity index (χ4n) is 3.76. The molecule has 0 bridgehead atoms. The maximum Gasteiger partial charge on any atom is 0.0948 e. The number of nitrogens with one attached hydrogen (secondary N) is 1. The summed E-state index contributed by atoms with van der Waals surface area (Å²) in [5.74, 6) is 0.656. The van der Waals surface area contributed by atoms with Crippen LogP contribution in [0.25, 0.3) is 0 Å². The van der Waals surface area contributed by atoms with Gasteiger partial charge in [-0.2, -0.15) is 0 Å². The highest BCUT2D eigenvalue weighted by Crippen LogP contribution is 2.24. The Labute approximate surface area is 122 Å². The van der Waals surface area contributed by atoms with Gasteiger partial charge in [0.15, 0.2) is 0 Å². The average molecular weight is 276 g/mol. The van der Waals surface area contributed by atoms with E-state index in [4.69, 9.17) is 0 Å². The van der Waals surface area contributed by atoms with Gasteiger partial charge in [0.1, 0.15) is 0 Å². The number of hydrogen-bond acceptors (Lipinski definition) is 3. The van der Waals surface area contributed by atoms with Gasteiger partial charge in [0.05, 0.1) is 6.33 Å². The lowest BCUT2D eigenvalue weighted by molar-refractivity contribution is 0.235. The summed E-state index contributed by atoms with van der Waals surface area (Å²) in [7, 11) is 2.29. The molecule has 20 heavy (non-hydrogen) atoms. The zero-order valence-electron chi connectivity index (χ0n) is 12.7. The van der Waals surface area contributed by atoms with Gasteiger partial charge in [0.2, 0.25) is 0 Å². The van der Waals surface area contributed by atoms with Crippen LogP contribution >= 0.6 is 0 Å². The molecule has 0 spiro atoms. The number of imidazole rings is 1. The van der Waals surface area contributed by atoms with Gasteiger partial charge in [-0.05, 0) is 39.3 Å². The summed E-state index contributed by atoms with van der Waals surface area (Å²) >= 11 is 0. The molecule has 3 rings (SSSR count). The number of likely N-dealkylation sites (N-methyl/N-ethyl adjacent to an activating group) is 1. The SMILES string of the molecule is CN(CCn1cncc1C1CCCNC1)C1CCCC1. The van der Waals surface area contributed by atoms with Crippen molar-refractivity contribution in [2.45, 2.75) is 57.0 Å². The van der Waals surface area contributed by atoms with Crippen molar-refractivity contribution in [2.75, 3.05) is 26.7 Å². The van der Waals surface area contributed by atoms with Gasteiger partial charge in [-0.25, -0.2) is 4.98 Å². The van der Waals surface area contributed by atoms with Crippen LogP contribution in [0.2, 0.25) is 0 Å². The van der Waals surface area contributed by atoms with Crippen LogP contribution in [0.15, 0.2) is 12.5 Å². The van der Waals surface area contributed by atoms with E-state index in [9.17, 15) is 0 Å². The van der Waals surface area contributed by atoms with E-state index >= 15 is 0 Å². The molecular formula is C16H28N4. The molecule has 4 nitrogen and oxygen atoms in total. The highest BCUT2D eigenvalue weighted by atomic mass is 15.2. The normalized spacial score (nSPS) is 24.6. The van der Waals surface area contributed by atoms with Crippen molar-refractivity contribution in [1.82, 2.24) is 19.8 Å². The van der Waals surface area contributed by atoms with E-state index in [1.54, 1.807) is 0 Å². The second-order valence-electron chi connectivity index (χ2n) is 6.47. The van der Waals surface area contributed by atoms with E-state index in [-0.39, 0.29) is 0 Å². The zero-order valence-corrected chi connectivity index (χ0v) is 12.7. The van der Waals surface area contributed by atoms with E-state index in [2.05, 4.69) is 33.0 Å². The zero-order chi connectivity index (χ0) is 13.8. The van der Waals surface area contributed by atoms with Gasteiger partial charge in [-0.3, -0.25) is 0 Å². The second-order valence-corrected chi connectivity index (χ2v) is 6.47. The molecule has 1 saturated heterocycles. The number of piperidine rings is 1. The van der Waals surface area contributed by atoms with Gasteiger partial charge >= 0.3 is 0 Å². The topological polar surface area (TPSA) is 33.1 Å². The largest absolute Gasteiger partial charge is 0.333 e. The first-order valence-electron chi connectivity index (χ1n) is 8.25. The van der Waals surface area contributed by atoms with Crippen LogP contribution in [-0.2, 0) is 6.54 Å². The third-order valence-electron chi connectivity index (χ3n) is 5.10. The average Bonchev–Trinajstić information content (AvgIpc) is 3.17. The molecule has 2 fully saturated rings. The Hall–Kier alpha value is -0.870. The molecule has 2 heterocycles. The summed E-state index contributed by atoms with van der Waals surface area (Å²) in [4.78, 5) is 6.94. The molecule has 1 saturated carbocycles. The molecule has 1 atom stereocenters. The van der Waals surface area contributed by atoms with Crippen LogP contribution in [0, 0.1) is 0 Å². The monoisotopic (exact) mass is 276 g/mol. The van der Waals surface area contributed by atoms with Crippen LogP contribution < -0.4 is 5.32 Å². The van der Waals surface area contributed by atoms with E-state index in [1.807, 2.05) is 6.33 Å². The number of hydrogen-bond donors (Lipinski definition) is 1. The molecule has 0 radical (unpaired) electrons.